The van der Waals surface area contributed by atoms with E-state index in [1.165, 1.54) is 7.11 Å². The molecule has 0 bridgehead atoms. The molecule has 0 heterocycles. The summed E-state index contributed by atoms with van der Waals surface area (Å²) in [7, 11) is 1.47. The van der Waals surface area contributed by atoms with Crippen LogP contribution in [0.15, 0.2) is 0 Å². The molecule has 0 aliphatic heterocycles. The number of methoxy groups -OCH3 is 1. The second kappa shape index (κ2) is 5.90. The number of carbonyl (C=O) groups is 2. The lowest BCUT2D eigenvalue weighted by molar-refractivity contribution is -0.155. The second-order valence-corrected chi connectivity index (χ2v) is 5.83. The average molecular weight is 271 g/mol. The third-order valence-electron chi connectivity index (χ3n) is 4.37. The van der Waals surface area contributed by atoms with E-state index in [4.69, 9.17) is 4.74 Å². The predicted octanol–water partition coefficient (Wildman–Crippen LogP) is 1.95. The van der Waals surface area contributed by atoms with Gasteiger partial charge in [-0.1, -0.05) is 26.7 Å². The van der Waals surface area contributed by atoms with Crippen LogP contribution in [0.4, 0.5) is 0 Å². The van der Waals surface area contributed by atoms with Gasteiger partial charge >= 0.3 is 5.97 Å². The Morgan fingerprint density at radius 1 is 1.53 bits per heavy atom. The predicted molar refractivity (Wildman–Crippen MR) is 71.8 cm³/mol. The summed E-state index contributed by atoms with van der Waals surface area (Å²) in [6.07, 6.45) is 3.31. The molecule has 1 amide bonds. The van der Waals surface area contributed by atoms with Crippen molar-refractivity contribution in [3.8, 4) is 0 Å². The van der Waals surface area contributed by atoms with Crippen molar-refractivity contribution in [3.05, 3.63) is 0 Å². The zero-order valence-electron chi connectivity index (χ0n) is 12.3. The van der Waals surface area contributed by atoms with E-state index in [0.29, 0.717) is 25.2 Å². The fraction of sp³-hybridized carbons (Fsp3) is 0.857. The Balaban J connectivity index is 2.91. The van der Waals surface area contributed by atoms with E-state index in [1.807, 2.05) is 13.8 Å². The Morgan fingerprint density at radius 3 is 2.58 bits per heavy atom. The van der Waals surface area contributed by atoms with Gasteiger partial charge < -0.3 is 15.2 Å². The zero-order chi connectivity index (χ0) is 14.7. The quantitative estimate of drug-likeness (QED) is 0.801. The minimum Gasteiger partial charge on any atom is -0.480 e. The number of rotatable bonds is 5. The third kappa shape index (κ3) is 3.26. The summed E-state index contributed by atoms with van der Waals surface area (Å²) in [5.74, 6) is -0.975. The highest BCUT2D eigenvalue weighted by Crippen LogP contribution is 2.33. The summed E-state index contributed by atoms with van der Waals surface area (Å²) in [4.78, 5) is 23.9. The minimum absolute atomic E-state index is 0.306. The molecule has 0 radical (unpaired) electrons. The Hall–Kier alpha value is -1.10. The van der Waals surface area contributed by atoms with Crippen molar-refractivity contribution >= 4 is 11.9 Å². The smallest absolute Gasteiger partial charge is 0.329 e. The van der Waals surface area contributed by atoms with Crippen LogP contribution in [0.1, 0.15) is 52.9 Å². The number of hydrogen-bond acceptors (Lipinski definition) is 3. The van der Waals surface area contributed by atoms with Crippen molar-refractivity contribution in [2.75, 3.05) is 7.11 Å². The van der Waals surface area contributed by atoms with E-state index in [2.05, 4.69) is 5.32 Å². The van der Waals surface area contributed by atoms with Crippen molar-refractivity contribution < 1.29 is 19.4 Å². The average Bonchev–Trinajstić information content (AvgIpc) is 2.37. The fourth-order valence-electron chi connectivity index (χ4n) is 2.66. The zero-order valence-corrected chi connectivity index (χ0v) is 12.3. The van der Waals surface area contributed by atoms with Crippen LogP contribution in [0.3, 0.4) is 0 Å². The van der Waals surface area contributed by atoms with Crippen LogP contribution in [-0.2, 0) is 14.3 Å². The van der Waals surface area contributed by atoms with E-state index in [-0.39, 0.29) is 5.91 Å². The molecule has 110 valence electrons. The molecule has 5 nitrogen and oxygen atoms in total. The number of ether oxygens (including phenoxy) is 1. The minimum atomic E-state index is -1.14. The van der Waals surface area contributed by atoms with Crippen molar-refractivity contribution in [2.45, 2.75) is 64.0 Å². The third-order valence-corrected chi connectivity index (χ3v) is 4.37. The molecule has 0 aromatic heterocycles. The van der Waals surface area contributed by atoms with Gasteiger partial charge in [0.1, 0.15) is 11.1 Å². The molecule has 1 rings (SSSR count). The molecule has 1 aliphatic carbocycles. The first-order valence-corrected chi connectivity index (χ1v) is 6.91. The summed E-state index contributed by atoms with van der Waals surface area (Å²) in [5, 5.41) is 12.3. The fourth-order valence-corrected chi connectivity index (χ4v) is 2.66. The van der Waals surface area contributed by atoms with Gasteiger partial charge in [-0.15, -0.1) is 0 Å². The molecule has 3 unspecified atom stereocenters. The monoisotopic (exact) mass is 271 g/mol. The first-order valence-electron chi connectivity index (χ1n) is 6.91. The number of aliphatic carboxylic acids is 1. The van der Waals surface area contributed by atoms with Gasteiger partial charge in [-0.25, -0.2) is 4.79 Å². The largest absolute Gasteiger partial charge is 0.480 e. The van der Waals surface area contributed by atoms with Gasteiger partial charge in [-0.05, 0) is 32.1 Å². The standard InChI is InChI=1S/C14H25NO4/c1-5-13(3,19-4)11(16)15-14(12(17)18)8-6-7-10(2)9-14/h10H,5-9H2,1-4H3,(H,15,16)(H,17,18). The van der Waals surface area contributed by atoms with Crippen LogP contribution in [0.5, 0.6) is 0 Å². The topological polar surface area (TPSA) is 75.6 Å². The van der Waals surface area contributed by atoms with Crippen LogP contribution >= 0.6 is 0 Å². The summed E-state index contributed by atoms with van der Waals surface area (Å²) in [6.45, 7) is 5.56. The SMILES string of the molecule is CCC(C)(OC)C(=O)NC1(C(=O)O)CCCC(C)C1. The van der Waals surface area contributed by atoms with Gasteiger partial charge in [-0.2, -0.15) is 0 Å². The number of carboxylic acids is 1. The lowest BCUT2D eigenvalue weighted by Crippen LogP contribution is -2.61. The van der Waals surface area contributed by atoms with Gasteiger partial charge in [0.2, 0.25) is 0 Å². The van der Waals surface area contributed by atoms with E-state index in [9.17, 15) is 14.7 Å². The van der Waals surface area contributed by atoms with Gasteiger partial charge in [0.15, 0.2) is 0 Å². The molecule has 0 aromatic rings. The van der Waals surface area contributed by atoms with E-state index < -0.39 is 17.1 Å². The lowest BCUT2D eigenvalue weighted by Gasteiger charge is -2.39. The number of carboxylic acid groups (broad SMARTS) is 1. The molecule has 0 saturated heterocycles. The number of carbonyl (C=O) groups excluding carboxylic acids is 1. The molecule has 1 saturated carbocycles. The second-order valence-electron chi connectivity index (χ2n) is 5.83. The highest BCUT2D eigenvalue weighted by atomic mass is 16.5. The maximum atomic E-state index is 12.3. The maximum absolute atomic E-state index is 12.3. The van der Waals surface area contributed by atoms with Crippen molar-refractivity contribution in [1.29, 1.82) is 0 Å². The molecule has 0 spiro atoms. The molecule has 19 heavy (non-hydrogen) atoms. The molecule has 2 N–H and O–H groups in total. The Morgan fingerprint density at radius 2 is 2.16 bits per heavy atom. The maximum Gasteiger partial charge on any atom is 0.329 e. The van der Waals surface area contributed by atoms with E-state index >= 15 is 0 Å². The number of amides is 1. The van der Waals surface area contributed by atoms with Gasteiger partial charge in [-0.3, -0.25) is 4.79 Å². The van der Waals surface area contributed by atoms with Crippen LogP contribution in [-0.4, -0.2) is 35.2 Å². The van der Waals surface area contributed by atoms with Crippen molar-refractivity contribution in [2.24, 2.45) is 5.92 Å². The van der Waals surface area contributed by atoms with Crippen LogP contribution in [0, 0.1) is 5.92 Å². The Labute approximate surface area is 114 Å². The molecule has 0 aromatic carbocycles. The summed E-state index contributed by atoms with van der Waals surface area (Å²) in [5.41, 5.74) is -2.10. The highest BCUT2D eigenvalue weighted by Gasteiger charge is 2.46. The number of hydrogen-bond donors (Lipinski definition) is 2. The lowest BCUT2D eigenvalue weighted by atomic mass is 9.76. The summed E-state index contributed by atoms with van der Waals surface area (Å²) >= 11 is 0. The Bertz CT molecular complexity index is 351. The van der Waals surface area contributed by atoms with Crippen molar-refractivity contribution in [3.63, 3.8) is 0 Å². The molecule has 3 atom stereocenters. The first kappa shape index (κ1) is 16.0. The van der Waals surface area contributed by atoms with Gasteiger partial charge in [0, 0.05) is 7.11 Å². The number of nitrogens with one attached hydrogen (secondary N) is 1. The first-order chi connectivity index (χ1) is 8.79. The van der Waals surface area contributed by atoms with E-state index in [1.54, 1.807) is 6.92 Å². The molecule has 5 heteroatoms. The molecular formula is C14H25NO4. The van der Waals surface area contributed by atoms with Crippen LogP contribution in [0.25, 0.3) is 0 Å². The van der Waals surface area contributed by atoms with Crippen LogP contribution in [0.2, 0.25) is 0 Å². The van der Waals surface area contributed by atoms with E-state index in [0.717, 1.165) is 12.8 Å². The van der Waals surface area contributed by atoms with Gasteiger partial charge in [0.05, 0.1) is 0 Å². The Kier molecular flexibility index (Phi) is 4.96. The normalized spacial score (nSPS) is 30.4. The van der Waals surface area contributed by atoms with Gasteiger partial charge in [0.25, 0.3) is 5.91 Å². The summed E-state index contributed by atoms with van der Waals surface area (Å²) in [6, 6.07) is 0. The molecule has 1 aliphatic rings. The van der Waals surface area contributed by atoms with Crippen LogP contribution < -0.4 is 5.32 Å². The molecular weight excluding hydrogens is 246 g/mol. The highest BCUT2D eigenvalue weighted by molar-refractivity contribution is 5.91. The summed E-state index contributed by atoms with van der Waals surface area (Å²) < 4.78 is 5.24. The van der Waals surface area contributed by atoms with Crippen molar-refractivity contribution in [1.82, 2.24) is 5.32 Å². The molecule has 1 fully saturated rings.